The molecule has 2 aromatic carbocycles. The number of ether oxygens (including phenoxy) is 2. The number of nitrogens with one attached hydrogen (secondary N) is 2. The highest BCUT2D eigenvalue weighted by atomic mass is 19.4. The Labute approximate surface area is 256 Å². The lowest BCUT2D eigenvalue weighted by Gasteiger charge is -2.38. The Balaban J connectivity index is 1.29. The minimum Gasteiger partial charge on any atom is -0.495 e. The van der Waals surface area contributed by atoms with Gasteiger partial charge in [-0.05, 0) is 57.4 Å². The molecule has 2 aliphatic heterocycles. The van der Waals surface area contributed by atoms with E-state index in [-0.39, 0.29) is 40.2 Å². The first-order chi connectivity index (χ1) is 21.2. The van der Waals surface area contributed by atoms with Crippen molar-refractivity contribution in [2.45, 2.75) is 49.9 Å². The molecule has 0 bridgehead atoms. The Kier molecular flexibility index (Phi) is 7.38. The number of alkyl halides is 3. The topological polar surface area (TPSA) is 109 Å². The van der Waals surface area contributed by atoms with Gasteiger partial charge in [-0.1, -0.05) is 12.1 Å². The van der Waals surface area contributed by atoms with Gasteiger partial charge in [0.25, 0.3) is 11.8 Å². The summed E-state index contributed by atoms with van der Waals surface area (Å²) in [6.07, 6.45) is -1.46. The van der Waals surface area contributed by atoms with Gasteiger partial charge in [0, 0.05) is 37.9 Å². The molecule has 14 heteroatoms. The third-order valence-corrected chi connectivity index (χ3v) is 8.96. The van der Waals surface area contributed by atoms with Crippen LogP contribution in [0, 0.1) is 5.82 Å². The molecule has 0 unspecified atom stereocenters. The van der Waals surface area contributed by atoms with Crippen LogP contribution in [0.15, 0.2) is 36.5 Å². The molecule has 3 aliphatic rings. The van der Waals surface area contributed by atoms with Crippen molar-refractivity contribution in [2.24, 2.45) is 0 Å². The van der Waals surface area contributed by atoms with Crippen LogP contribution in [0.1, 0.15) is 64.4 Å². The van der Waals surface area contributed by atoms with E-state index in [0.29, 0.717) is 24.6 Å². The molecule has 1 saturated carbocycles. The fourth-order valence-corrected chi connectivity index (χ4v) is 5.99. The maximum atomic E-state index is 15.3. The summed E-state index contributed by atoms with van der Waals surface area (Å²) in [5.74, 6) is -3.09. The van der Waals surface area contributed by atoms with Crippen molar-refractivity contribution in [3.63, 3.8) is 0 Å². The van der Waals surface area contributed by atoms with E-state index in [1.165, 1.54) is 19.2 Å². The summed E-state index contributed by atoms with van der Waals surface area (Å²) in [6.45, 7) is 3.47. The Bertz CT molecular complexity index is 1690. The summed E-state index contributed by atoms with van der Waals surface area (Å²) in [6, 6.07) is 6.99. The number of aromatic nitrogens is 2. The van der Waals surface area contributed by atoms with E-state index in [2.05, 4.69) is 25.5 Å². The van der Waals surface area contributed by atoms with Crippen LogP contribution in [0.3, 0.4) is 0 Å². The first-order valence-electron chi connectivity index (χ1n) is 14.4. The highest BCUT2D eigenvalue weighted by Gasteiger charge is 2.57. The number of carbonyl (C=O) groups is 2. The van der Waals surface area contributed by atoms with Crippen molar-refractivity contribution in [1.29, 1.82) is 0 Å². The van der Waals surface area contributed by atoms with Gasteiger partial charge in [-0.3, -0.25) is 9.59 Å². The van der Waals surface area contributed by atoms with Gasteiger partial charge in [-0.2, -0.15) is 18.2 Å². The van der Waals surface area contributed by atoms with Crippen LogP contribution in [-0.4, -0.2) is 71.4 Å². The molecule has 10 nitrogen and oxygen atoms in total. The Morgan fingerprint density at radius 1 is 1.07 bits per heavy atom. The van der Waals surface area contributed by atoms with Crippen molar-refractivity contribution in [2.75, 3.05) is 39.6 Å². The molecule has 3 heterocycles. The molecule has 0 radical (unpaired) electrons. The zero-order chi connectivity index (χ0) is 32.3. The number of likely N-dealkylation sites (tertiary alicyclic amines) is 1. The number of nitrogens with zero attached hydrogens (tertiary/aromatic N) is 4. The summed E-state index contributed by atoms with van der Waals surface area (Å²) >= 11 is 0. The van der Waals surface area contributed by atoms with Crippen molar-refractivity contribution >= 4 is 23.5 Å². The fourth-order valence-electron chi connectivity index (χ4n) is 5.99. The summed E-state index contributed by atoms with van der Waals surface area (Å²) in [5, 5.41) is 5.59. The van der Waals surface area contributed by atoms with Crippen LogP contribution in [0.25, 0.3) is 0 Å². The van der Waals surface area contributed by atoms with E-state index in [1.54, 1.807) is 24.1 Å². The summed E-state index contributed by atoms with van der Waals surface area (Å²) in [5.41, 5.74) is -1.65. The average Bonchev–Trinajstić information content (AvgIpc) is 3.76. The normalized spacial score (nSPS) is 18.5. The summed E-state index contributed by atoms with van der Waals surface area (Å²) in [7, 11) is 4.95. The molecule has 2 N–H and O–H groups in total. The third kappa shape index (κ3) is 5.51. The number of carbonyl (C=O) groups excluding carboxylic acids is 2. The molecule has 2 fully saturated rings. The van der Waals surface area contributed by atoms with E-state index in [9.17, 15) is 22.8 Å². The quantitative estimate of drug-likeness (QED) is 0.332. The lowest BCUT2D eigenvalue weighted by Crippen LogP contribution is -2.52. The van der Waals surface area contributed by atoms with Crippen LogP contribution >= 0.6 is 0 Å². The summed E-state index contributed by atoms with van der Waals surface area (Å²) in [4.78, 5) is 37.6. The molecular formula is C31H32F4N6O4. The number of halogens is 4. The second kappa shape index (κ2) is 10.9. The molecule has 1 aliphatic carbocycles. The number of hydrogen-bond donors (Lipinski definition) is 2. The maximum absolute atomic E-state index is 15.3. The number of benzene rings is 2. The largest absolute Gasteiger partial charge is 0.495 e. The monoisotopic (exact) mass is 628 g/mol. The third-order valence-electron chi connectivity index (χ3n) is 8.96. The van der Waals surface area contributed by atoms with Crippen molar-refractivity contribution in [1.82, 2.24) is 25.1 Å². The van der Waals surface area contributed by atoms with E-state index in [1.807, 2.05) is 14.0 Å². The molecule has 45 heavy (non-hydrogen) atoms. The first kappa shape index (κ1) is 30.6. The second-order valence-electron chi connectivity index (χ2n) is 12.1. The maximum Gasteiger partial charge on any atom is 0.423 e. The molecule has 1 spiro atoms. The Morgan fingerprint density at radius 2 is 1.78 bits per heavy atom. The number of fused-ring (bicyclic) bond motifs is 2. The van der Waals surface area contributed by atoms with Gasteiger partial charge in [0.1, 0.15) is 22.9 Å². The molecule has 1 aromatic heterocycles. The van der Waals surface area contributed by atoms with Crippen LogP contribution in [0.5, 0.6) is 17.4 Å². The number of rotatable bonds is 7. The van der Waals surface area contributed by atoms with Crippen LogP contribution in [-0.2, 0) is 11.7 Å². The zero-order valence-corrected chi connectivity index (χ0v) is 25.1. The predicted molar refractivity (Wildman–Crippen MR) is 155 cm³/mol. The highest BCUT2D eigenvalue weighted by molar-refractivity contribution is 6.03. The number of piperidine rings is 1. The number of anilines is 2. The standard InChI is InChI=1S/C31H32F4N6O4/c1-29(10-12-40(2)13-11-29)39-25(42)17-14-23(44-4)21(15-20(17)32)37-28-36-16-19(31(33,34)35)26(38-28)45-22-7-5-6-18-24(22)27(43)41(3)30(18)8-9-30/h5-7,14-16H,8-13H2,1-4H3,(H,39,42)(H,36,37,38). The number of methoxy groups -OCH3 is 1. The van der Waals surface area contributed by atoms with Gasteiger partial charge < -0.3 is 29.9 Å². The summed E-state index contributed by atoms with van der Waals surface area (Å²) < 4.78 is 68.4. The lowest BCUT2D eigenvalue weighted by atomic mass is 9.89. The molecule has 0 atom stereocenters. The van der Waals surface area contributed by atoms with E-state index in [4.69, 9.17) is 9.47 Å². The van der Waals surface area contributed by atoms with Gasteiger partial charge in [-0.15, -0.1) is 0 Å². The Hall–Kier alpha value is -4.46. The second-order valence-corrected chi connectivity index (χ2v) is 12.1. The molecule has 2 amide bonds. The van der Waals surface area contributed by atoms with Crippen molar-refractivity contribution in [3.05, 3.63) is 64.6 Å². The fraction of sp³-hybridized carbons (Fsp3) is 0.419. The molecular weight excluding hydrogens is 596 g/mol. The average molecular weight is 629 g/mol. The zero-order valence-electron chi connectivity index (χ0n) is 25.1. The van der Waals surface area contributed by atoms with Gasteiger partial charge >= 0.3 is 6.18 Å². The van der Waals surface area contributed by atoms with Crippen LogP contribution in [0.2, 0.25) is 0 Å². The van der Waals surface area contributed by atoms with E-state index in [0.717, 1.165) is 32.0 Å². The van der Waals surface area contributed by atoms with Crippen molar-refractivity contribution in [3.8, 4) is 17.4 Å². The highest BCUT2D eigenvalue weighted by Crippen LogP contribution is 2.57. The SMILES string of the molecule is COc1cc(C(=O)NC2(C)CCN(C)CC2)c(F)cc1Nc1ncc(C(F)(F)F)c(Oc2cccc3c2C(=O)N(C)C32CC2)n1. The molecule has 1 saturated heterocycles. The predicted octanol–water partition coefficient (Wildman–Crippen LogP) is 5.47. The van der Waals surface area contributed by atoms with Gasteiger partial charge in [0.2, 0.25) is 11.8 Å². The van der Waals surface area contributed by atoms with E-state index < -0.39 is 40.4 Å². The van der Waals surface area contributed by atoms with E-state index >= 15 is 4.39 Å². The minimum atomic E-state index is -4.88. The number of amides is 2. The van der Waals surface area contributed by atoms with Crippen LogP contribution in [0.4, 0.5) is 29.2 Å². The first-order valence-corrected chi connectivity index (χ1v) is 14.4. The lowest BCUT2D eigenvalue weighted by molar-refractivity contribution is -0.139. The van der Waals surface area contributed by atoms with Crippen LogP contribution < -0.4 is 20.1 Å². The smallest absolute Gasteiger partial charge is 0.423 e. The Morgan fingerprint density at radius 3 is 2.42 bits per heavy atom. The van der Waals surface area contributed by atoms with Gasteiger partial charge in [-0.25, -0.2) is 9.37 Å². The van der Waals surface area contributed by atoms with Crippen molar-refractivity contribution < 1.29 is 36.6 Å². The van der Waals surface area contributed by atoms with Gasteiger partial charge in [0.05, 0.1) is 29.5 Å². The molecule has 3 aromatic rings. The van der Waals surface area contributed by atoms with Gasteiger partial charge in [0.15, 0.2) is 0 Å². The molecule has 6 rings (SSSR count). The number of hydrogen-bond acceptors (Lipinski definition) is 8. The molecule has 238 valence electrons. The minimum absolute atomic E-state index is 0.0316.